The van der Waals surface area contributed by atoms with E-state index in [1.807, 2.05) is 6.07 Å². The van der Waals surface area contributed by atoms with Crippen molar-refractivity contribution in [1.29, 1.82) is 0 Å². The largest absolute Gasteiger partial charge is 0.478 e. The van der Waals surface area contributed by atoms with Crippen molar-refractivity contribution >= 4 is 29.1 Å². The Labute approximate surface area is 222 Å². The Kier molecular flexibility index (Phi) is 7.59. The van der Waals surface area contributed by atoms with E-state index in [2.05, 4.69) is 26.7 Å². The first kappa shape index (κ1) is 25.7. The van der Waals surface area contributed by atoms with Crippen LogP contribution in [-0.4, -0.2) is 77.9 Å². The zero-order chi connectivity index (χ0) is 26.6. The fourth-order valence-electron chi connectivity index (χ4n) is 5.23. The third-order valence-corrected chi connectivity index (χ3v) is 7.40. The number of rotatable bonds is 9. The standard InChI is InChI=1S/C28H34N6O4/c1-19-5-9-24(26(35)31-19)34-27(36)22-8-7-21(17-23(22)28(34)37)33-14-12-32(13-15-33)11-3-2-4-16-38-25-10-6-20(29)18-30-25/h6-8,10,17-18,24H,1-5,9,11-16,29H2,(H,31,35). The molecule has 2 fully saturated rings. The van der Waals surface area contributed by atoms with Gasteiger partial charge in [0.2, 0.25) is 11.8 Å². The fraction of sp³-hybridized carbons (Fsp3) is 0.429. The van der Waals surface area contributed by atoms with E-state index in [4.69, 9.17) is 10.5 Å². The second-order valence-electron chi connectivity index (χ2n) is 10.0. The number of aromatic nitrogens is 1. The number of hydrogen-bond acceptors (Lipinski definition) is 8. The molecular weight excluding hydrogens is 484 g/mol. The molecule has 0 radical (unpaired) electrons. The topological polar surface area (TPSA) is 121 Å². The molecule has 0 aliphatic carbocycles. The molecule has 0 saturated carbocycles. The zero-order valence-corrected chi connectivity index (χ0v) is 21.5. The summed E-state index contributed by atoms with van der Waals surface area (Å²) in [6, 6.07) is 8.21. The molecule has 1 atom stereocenters. The number of ether oxygens (including phenoxy) is 1. The van der Waals surface area contributed by atoms with Gasteiger partial charge in [-0.15, -0.1) is 0 Å². The lowest BCUT2D eigenvalue weighted by atomic mass is 10.0. The first-order chi connectivity index (χ1) is 18.4. The molecule has 3 amide bonds. The van der Waals surface area contributed by atoms with Gasteiger partial charge in [0.15, 0.2) is 0 Å². The third-order valence-electron chi connectivity index (χ3n) is 7.40. The van der Waals surface area contributed by atoms with Crippen LogP contribution >= 0.6 is 0 Å². The molecule has 10 nitrogen and oxygen atoms in total. The van der Waals surface area contributed by atoms with Gasteiger partial charge in [-0.2, -0.15) is 0 Å². The van der Waals surface area contributed by atoms with E-state index in [9.17, 15) is 14.4 Å². The Bertz CT molecular complexity index is 1220. The molecule has 200 valence electrons. The lowest BCUT2D eigenvalue weighted by Crippen LogP contribution is -2.51. The quantitative estimate of drug-likeness (QED) is 0.384. The van der Waals surface area contributed by atoms with Crippen molar-refractivity contribution in [2.45, 2.75) is 38.1 Å². The number of imide groups is 1. The molecule has 10 heteroatoms. The molecular formula is C28H34N6O4. The van der Waals surface area contributed by atoms with Crippen molar-refractivity contribution in [2.75, 3.05) is 50.0 Å². The van der Waals surface area contributed by atoms with E-state index in [0.29, 0.717) is 47.8 Å². The summed E-state index contributed by atoms with van der Waals surface area (Å²) in [6.45, 7) is 9.03. The second kappa shape index (κ2) is 11.2. The number of carbonyl (C=O) groups excluding carboxylic acids is 3. The molecule has 0 spiro atoms. The lowest BCUT2D eigenvalue weighted by Gasteiger charge is -2.36. The van der Waals surface area contributed by atoms with Crippen molar-refractivity contribution in [3.63, 3.8) is 0 Å². The highest BCUT2D eigenvalue weighted by Gasteiger charge is 2.44. The van der Waals surface area contributed by atoms with Crippen molar-refractivity contribution in [3.05, 3.63) is 59.9 Å². The van der Waals surface area contributed by atoms with Gasteiger partial charge < -0.3 is 20.7 Å². The Hall–Kier alpha value is -3.92. The minimum absolute atomic E-state index is 0.349. The molecule has 3 aliphatic rings. The zero-order valence-electron chi connectivity index (χ0n) is 21.5. The minimum atomic E-state index is -0.791. The van der Waals surface area contributed by atoms with E-state index >= 15 is 0 Å². The Morgan fingerprint density at radius 1 is 1.00 bits per heavy atom. The van der Waals surface area contributed by atoms with Gasteiger partial charge in [0.1, 0.15) is 6.04 Å². The number of pyridine rings is 1. The van der Waals surface area contributed by atoms with E-state index < -0.39 is 17.9 Å². The summed E-state index contributed by atoms with van der Waals surface area (Å²) in [5.41, 5.74) is 8.55. The fourth-order valence-corrected chi connectivity index (χ4v) is 5.23. The molecule has 3 N–H and O–H groups in total. The Balaban J connectivity index is 1.07. The SMILES string of the molecule is C=C1CCC(N2C(=O)c3ccc(N4CCN(CCCCCOc5ccc(N)cn5)CC4)cc3C2=O)C(=O)N1. The summed E-state index contributed by atoms with van der Waals surface area (Å²) in [7, 11) is 0. The Morgan fingerprint density at radius 3 is 2.53 bits per heavy atom. The first-order valence-corrected chi connectivity index (χ1v) is 13.2. The predicted molar refractivity (Wildman–Crippen MR) is 144 cm³/mol. The van der Waals surface area contributed by atoms with Gasteiger partial charge in [0, 0.05) is 43.6 Å². The van der Waals surface area contributed by atoms with Crippen LogP contribution in [0.5, 0.6) is 5.88 Å². The number of fused-ring (bicyclic) bond motifs is 1. The summed E-state index contributed by atoms with van der Waals surface area (Å²) in [5.74, 6) is -0.539. The normalized spacial score (nSPS) is 20.1. The average Bonchev–Trinajstić information content (AvgIpc) is 3.16. The van der Waals surface area contributed by atoms with Crippen LogP contribution < -0.4 is 20.7 Å². The summed E-state index contributed by atoms with van der Waals surface area (Å²) in [6.07, 6.45) is 5.71. The van der Waals surface area contributed by atoms with Gasteiger partial charge in [-0.25, -0.2) is 4.98 Å². The van der Waals surface area contributed by atoms with Crippen molar-refractivity contribution in [2.24, 2.45) is 0 Å². The number of hydrogen-bond donors (Lipinski definition) is 2. The van der Waals surface area contributed by atoms with Gasteiger partial charge in [-0.3, -0.25) is 24.2 Å². The number of unbranched alkanes of at least 4 members (excludes halogenated alkanes) is 2. The molecule has 5 rings (SSSR count). The van der Waals surface area contributed by atoms with Gasteiger partial charge in [0.25, 0.3) is 11.8 Å². The van der Waals surface area contributed by atoms with Crippen molar-refractivity contribution in [1.82, 2.24) is 20.1 Å². The smallest absolute Gasteiger partial charge is 0.262 e. The monoisotopic (exact) mass is 518 g/mol. The number of amides is 3. The predicted octanol–water partition coefficient (Wildman–Crippen LogP) is 2.42. The van der Waals surface area contributed by atoms with Crippen molar-refractivity contribution in [3.8, 4) is 5.88 Å². The molecule has 2 aromatic rings. The summed E-state index contributed by atoms with van der Waals surface area (Å²) >= 11 is 0. The highest BCUT2D eigenvalue weighted by molar-refractivity contribution is 6.23. The number of nitrogen functional groups attached to an aromatic ring is 1. The molecule has 0 bridgehead atoms. The number of carbonyl (C=O) groups is 3. The van der Waals surface area contributed by atoms with E-state index in [-0.39, 0.29) is 5.91 Å². The lowest BCUT2D eigenvalue weighted by molar-refractivity contribution is -0.125. The summed E-state index contributed by atoms with van der Waals surface area (Å²) in [4.78, 5) is 48.5. The first-order valence-electron chi connectivity index (χ1n) is 13.2. The number of benzene rings is 1. The van der Waals surface area contributed by atoms with Crippen LogP contribution in [0.3, 0.4) is 0 Å². The van der Waals surface area contributed by atoms with E-state index in [1.54, 1.807) is 30.5 Å². The average molecular weight is 519 g/mol. The molecule has 1 aromatic carbocycles. The molecule has 38 heavy (non-hydrogen) atoms. The number of nitrogens with one attached hydrogen (secondary N) is 1. The third kappa shape index (κ3) is 5.50. The second-order valence-corrected chi connectivity index (χ2v) is 10.0. The molecule has 1 unspecified atom stereocenters. The molecule has 4 heterocycles. The van der Waals surface area contributed by atoms with Crippen LogP contribution in [0.15, 0.2) is 48.8 Å². The number of piperidine rings is 1. The maximum Gasteiger partial charge on any atom is 0.262 e. The number of nitrogens with zero attached hydrogens (tertiary/aromatic N) is 4. The van der Waals surface area contributed by atoms with Crippen LogP contribution in [0.2, 0.25) is 0 Å². The summed E-state index contributed by atoms with van der Waals surface area (Å²) in [5, 5.41) is 2.67. The van der Waals surface area contributed by atoms with Crippen LogP contribution in [0.4, 0.5) is 11.4 Å². The minimum Gasteiger partial charge on any atom is -0.478 e. The van der Waals surface area contributed by atoms with E-state index in [0.717, 1.165) is 62.6 Å². The molecule has 3 aliphatic heterocycles. The van der Waals surface area contributed by atoms with Gasteiger partial charge in [0.05, 0.1) is 29.6 Å². The maximum atomic E-state index is 13.2. The summed E-state index contributed by atoms with van der Waals surface area (Å²) < 4.78 is 5.65. The van der Waals surface area contributed by atoms with Crippen molar-refractivity contribution < 1.29 is 19.1 Å². The number of piperazine rings is 1. The Morgan fingerprint density at radius 2 is 1.79 bits per heavy atom. The van der Waals surface area contributed by atoms with Crippen LogP contribution in [-0.2, 0) is 4.79 Å². The van der Waals surface area contributed by atoms with Gasteiger partial charge in [-0.05, 0) is 62.9 Å². The van der Waals surface area contributed by atoms with Crippen LogP contribution in [0, 0.1) is 0 Å². The van der Waals surface area contributed by atoms with Gasteiger partial charge in [-0.1, -0.05) is 6.58 Å². The number of allylic oxidation sites excluding steroid dienone is 1. The van der Waals surface area contributed by atoms with Gasteiger partial charge >= 0.3 is 0 Å². The van der Waals surface area contributed by atoms with E-state index in [1.165, 1.54) is 0 Å². The highest BCUT2D eigenvalue weighted by atomic mass is 16.5. The molecule has 1 aromatic heterocycles. The maximum absolute atomic E-state index is 13.2. The van der Waals surface area contributed by atoms with Crippen LogP contribution in [0.1, 0.15) is 52.8 Å². The number of anilines is 2. The van der Waals surface area contributed by atoms with Crippen LogP contribution in [0.25, 0.3) is 0 Å². The molecule has 2 saturated heterocycles. The highest BCUT2D eigenvalue weighted by Crippen LogP contribution is 2.31. The number of nitrogens with two attached hydrogens (primary N) is 1.